The van der Waals surface area contributed by atoms with Crippen molar-refractivity contribution in [2.45, 2.75) is 18.9 Å². The van der Waals surface area contributed by atoms with Crippen LogP contribution < -0.4 is 5.32 Å². The molecule has 0 aliphatic carbocycles. The molecule has 0 bridgehead atoms. The van der Waals surface area contributed by atoms with Crippen LogP contribution >= 0.6 is 0 Å². The highest BCUT2D eigenvalue weighted by Gasteiger charge is 2.18. The van der Waals surface area contributed by atoms with E-state index in [-0.39, 0.29) is 0 Å². The first-order valence-corrected chi connectivity index (χ1v) is 7.80. The summed E-state index contributed by atoms with van der Waals surface area (Å²) in [6, 6.07) is 16.4. The zero-order valence-electron chi connectivity index (χ0n) is 12.4. The molecule has 4 nitrogen and oxygen atoms in total. The molecule has 3 heterocycles. The lowest BCUT2D eigenvalue weighted by Gasteiger charge is -2.13. The second-order valence-corrected chi connectivity index (χ2v) is 5.62. The fourth-order valence-corrected chi connectivity index (χ4v) is 2.98. The highest BCUT2D eigenvalue weighted by Crippen LogP contribution is 2.28. The van der Waals surface area contributed by atoms with Gasteiger partial charge >= 0.3 is 0 Å². The molecule has 0 spiro atoms. The second kappa shape index (κ2) is 5.81. The highest BCUT2D eigenvalue weighted by atomic mass is 16.5. The third-order valence-corrected chi connectivity index (χ3v) is 4.10. The summed E-state index contributed by atoms with van der Waals surface area (Å²) in [6.45, 7) is 1.70. The maximum Gasteiger partial charge on any atom is 0.139 e. The number of rotatable bonds is 4. The van der Waals surface area contributed by atoms with Crippen molar-refractivity contribution in [1.82, 2.24) is 9.38 Å². The Kier molecular flexibility index (Phi) is 3.52. The Morgan fingerprint density at radius 3 is 2.82 bits per heavy atom. The van der Waals surface area contributed by atoms with Gasteiger partial charge in [0.25, 0.3) is 0 Å². The maximum atomic E-state index is 5.72. The maximum absolute atomic E-state index is 5.72. The van der Waals surface area contributed by atoms with Crippen LogP contribution in [-0.2, 0) is 4.74 Å². The molecule has 4 rings (SSSR count). The summed E-state index contributed by atoms with van der Waals surface area (Å²) in [5.41, 5.74) is 3.07. The second-order valence-electron chi connectivity index (χ2n) is 5.62. The van der Waals surface area contributed by atoms with Crippen molar-refractivity contribution < 1.29 is 4.74 Å². The number of hydrogen-bond acceptors (Lipinski definition) is 3. The molecule has 2 aromatic heterocycles. The van der Waals surface area contributed by atoms with Gasteiger partial charge in [0, 0.05) is 24.9 Å². The molecule has 1 aliphatic rings. The topological polar surface area (TPSA) is 38.6 Å². The van der Waals surface area contributed by atoms with Gasteiger partial charge in [-0.3, -0.25) is 4.40 Å². The van der Waals surface area contributed by atoms with Crippen molar-refractivity contribution in [3.8, 4) is 11.3 Å². The van der Waals surface area contributed by atoms with Crippen molar-refractivity contribution in [2.75, 3.05) is 18.5 Å². The van der Waals surface area contributed by atoms with E-state index in [0.717, 1.165) is 48.7 Å². The number of ether oxygens (including phenoxy) is 1. The first-order chi connectivity index (χ1) is 10.9. The summed E-state index contributed by atoms with van der Waals surface area (Å²) >= 11 is 0. The Morgan fingerprint density at radius 1 is 1.14 bits per heavy atom. The number of imidazole rings is 1. The first-order valence-electron chi connectivity index (χ1n) is 7.80. The molecule has 4 heteroatoms. The van der Waals surface area contributed by atoms with Gasteiger partial charge in [-0.25, -0.2) is 4.98 Å². The van der Waals surface area contributed by atoms with Crippen LogP contribution in [0.2, 0.25) is 0 Å². The van der Waals surface area contributed by atoms with E-state index in [0.29, 0.717) is 6.10 Å². The molecule has 1 saturated heterocycles. The zero-order chi connectivity index (χ0) is 14.8. The standard InChI is InChI=1S/C18H19N3O/c1-2-7-14(8-3-1)17-18(19-13-15-9-6-12-22-15)21-11-5-4-10-16(21)20-17/h1-5,7-8,10-11,15,19H,6,9,12-13H2/t15-/m0/s1. The van der Waals surface area contributed by atoms with Crippen LogP contribution in [0.25, 0.3) is 16.9 Å². The van der Waals surface area contributed by atoms with Gasteiger partial charge in [0.15, 0.2) is 0 Å². The van der Waals surface area contributed by atoms with Gasteiger partial charge in [-0.15, -0.1) is 0 Å². The molecule has 1 N–H and O–H groups in total. The molecule has 3 aromatic rings. The minimum absolute atomic E-state index is 0.304. The van der Waals surface area contributed by atoms with E-state index in [1.165, 1.54) is 0 Å². The summed E-state index contributed by atoms with van der Waals surface area (Å²) in [7, 11) is 0. The van der Waals surface area contributed by atoms with Gasteiger partial charge < -0.3 is 10.1 Å². The number of hydrogen-bond donors (Lipinski definition) is 1. The van der Waals surface area contributed by atoms with E-state index in [4.69, 9.17) is 9.72 Å². The number of benzene rings is 1. The largest absolute Gasteiger partial charge is 0.376 e. The molecule has 1 aromatic carbocycles. The van der Waals surface area contributed by atoms with Crippen molar-refractivity contribution in [2.24, 2.45) is 0 Å². The molecular weight excluding hydrogens is 274 g/mol. The first kappa shape index (κ1) is 13.3. The minimum atomic E-state index is 0.304. The van der Waals surface area contributed by atoms with Crippen LogP contribution in [0.4, 0.5) is 5.82 Å². The summed E-state index contributed by atoms with van der Waals surface area (Å²) < 4.78 is 7.83. The number of nitrogens with one attached hydrogen (secondary N) is 1. The third-order valence-electron chi connectivity index (χ3n) is 4.10. The lowest BCUT2D eigenvalue weighted by Crippen LogP contribution is -2.19. The van der Waals surface area contributed by atoms with Crippen LogP contribution in [0.15, 0.2) is 54.7 Å². The number of fused-ring (bicyclic) bond motifs is 1. The molecule has 0 unspecified atom stereocenters. The average Bonchev–Trinajstić information content (AvgIpc) is 3.21. The lowest BCUT2D eigenvalue weighted by atomic mass is 10.1. The van der Waals surface area contributed by atoms with E-state index in [1.54, 1.807) is 0 Å². The number of aromatic nitrogens is 2. The van der Waals surface area contributed by atoms with Crippen LogP contribution in [0, 0.1) is 0 Å². The van der Waals surface area contributed by atoms with Crippen LogP contribution in [0.5, 0.6) is 0 Å². The van der Waals surface area contributed by atoms with E-state index >= 15 is 0 Å². The van der Waals surface area contributed by atoms with Gasteiger partial charge in [0.05, 0.1) is 6.10 Å². The Labute approximate surface area is 129 Å². The Balaban J connectivity index is 1.73. The lowest BCUT2D eigenvalue weighted by molar-refractivity contribution is 0.120. The molecule has 112 valence electrons. The number of pyridine rings is 1. The predicted octanol–water partition coefficient (Wildman–Crippen LogP) is 3.59. The van der Waals surface area contributed by atoms with Crippen molar-refractivity contribution in [3.63, 3.8) is 0 Å². The third kappa shape index (κ3) is 2.46. The fraction of sp³-hybridized carbons (Fsp3) is 0.278. The number of anilines is 1. The van der Waals surface area contributed by atoms with Gasteiger partial charge in [-0.1, -0.05) is 36.4 Å². The number of nitrogens with zero attached hydrogens (tertiary/aromatic N) is 2. The van der Waals surface area contributed by atoms with Gasteiger partial charge in [0.1, 0.15) is 17.2 Å². The van der Waals surface area contributed by atoms with Crippen molar-refractivity contribution in [1.29, 1.82) is 0 Å². The normalized spacial score (nSPS) is 17.9. The molecule has 0 amide bonds. The molecule has 22 heavy (non-hydrogen) atoms. The summed E-state index contributed by atoms with van der Waals surface area (Å²) in [6.07, 6.45) is 4.64. The quantitative estimate of drug-likeness (QED) is 0.799. The summed E-state index contributed by atoms with van der Waals surface area (Å²) in [4.78, 5) is 4.79. The van der Waals surface area contributed by atoms with Crippen LogP contribution in [0.1, 0.15) is 12.8 Å². The average molecular weight is 293 g/mol. The summed E-state index contributed by atoms with van der Waals surface area (Å²) in [5, 5.41) is 3.55. The van der Waals surface area contributed by atoms with Crippen molar-refractivity contribution in [3.05, 3.63) is 54.7 Å². The SMILES string of the molecule is c1ccc(-c2nc3ccccn3c2NC[C@@H]2CCCO2)cc1. The van der Waals surface area contributed by atoms with Gasteiger partial charge in [-0.2, -0.15) is 0 Å². The smallest absolute Gasteiger partial charge is 0.139 e. The molecule has 1 aliphatic heterocycles. The molecule has 1 fully saturated rings. The van der Waals surface area contributed by atoms with Crippen LogP contribution in [0.3, 0.4) is 0 Å². The Bertz CT molecular complexity index is 760. The molecule has 0 radical (unpaired) electrons. The fourth-order valence-electron chi connectivity index (χ4n) is 2.98. The molecule has 0 saturated carbocycles. The molecular formula is C18H19N3O. The summed E-state index contributed by atoms with van der Waals surface area (Å²) in [5.74, 6) is 1.04. The van der Waals surface area contributed by atoms with Crippen LogP contribution in [-0.4, -0.2) is 28.6 Å². The predicted molar refractivity (Wildman–Crippen MR) is 88.1 cm³/mol. The molecule has 1 atom stereocenters. The van der Waals surface area contributed by atoms with E-state index < -0.39 is 0 Å². The van der Waals surface area contributed by atoms with Gasteiger partial charge in [0.2, 0.25) is 0 Å². The van der Waals surface area contributed by atoms with E-state index in [2.05, 4.69) is 21.9 Å². The zero-order valence-corrected chi connectivity index (χ0v) is 12.4. The Hall–Kier alpha value is -2.33. The Morgan fingerprint density at radius 2 is 2.00 bits per heavy atom. The highest BCUT2D eigenvalue weighted by molar-refractivity contribution is 5.76. The monoisotopic (exact) mass is 293 g/mol. The van der Waals surface area contributed by atoms with E-state index in [1.807, 2.05) is 42.6 Å². The van der Waals surface area contributed by atoms with E-state index in [9.17, 15) is 0 Å². The van der Waals surface area contributed by atoms with Crippen molar-refractivity contribution >= 4 is 11.5 Å². The minimum Gasteiger partial charge on any atom is -0.376 e. The van der Waals surface area contributed by atoms with Gasteiger partial charge in [-0.05, 0) is 25.0 Å².